The standard InChI is InChI=1S/C23H27ClO4S/c1-12-19-14(11-15-20(19)23(15,2)3)22(29-12)17(26)6-5-13-9-16(24)21(28-8-7-25)18(10-13)27-4/h9-10,15,20,25H,5-8,11H2,1-4H3/t15-,20-/m1/s1. The molecule has 156 valence electrons. The number of methoxy groups -OCH3 is 1. The molecule has 1 aromatic heterocycles. The Bertz CT molecular complexity index is 962. The number of fused-ring (bicyclic) bond motifs is 3. The monoisotopic (exact) mass is 434 g/mol. The molecule has 6 heteroatoms. The Morgan fingerprint density at radius 3 is 2.83 bits per heavy atom. The van der Waals surface area contributed by atoms with Crippen LogP contribution in [0.5, 0.6) is 11.5 Å². The molecule has 0 saturated heterocycles. The van der Waals surface area contributed by atoms with E-state index in [1.54, 1.807) is 18.4 Å². The van der Waals surface area contributed by atoms with Crippen LogP contribution in [0.4, 0.5) is 0 Å². The van der Waals surface area contributed by atoms with Gasteiger partial charge in [0.25, 0.3) is 0 Å². The number of aliphatic hydroxyl groups is 1. The minimum absolute atomic E-state index is 0.0980. The maximum Gasteiger partial charge on any atom is 0.179 e. The largest absolute Gasteiger partial charge is 0.493 e. The highest BCUT2D eigenvalue weighted by Gasteiger charge is 2.63. The predicted octanol–water partition coefficient (Wildman–Crippen LogP) is 5.20. The molecule has 1 N–H and O–H groups in total. The Balaban J connectivity index is 1.48. The fourth-order valence-corrected chi connectivity index (χ4v) is 6.42. The molecule has 2 aromatic rings. The molecule has 2 atom stereocenters. The average Bonchev–Trinajstić information content (AvgIpc) is 3.02. The fraction of sp³-hybridized carbons (Fsp3) is 0.522. The van der Waals surface area contributed by atoms with Crippen LogP contribution in [0.15, 0.2) is 12.1 Å². The molecule has 4 rings (SSSR count). The number of Topliss-reactive ketones (excluding diaryl/α,β-unsaturated/α-hetero) is 1. The van der Waals surface area contributed by atoms with Crippen molar-refractivity contribution < 1.29 is 19.4 Å². The van der Waals surface area contributed by atoms with Crippen molar-refractivity contribution in [3.05, 3.63) is 43.6 Å². The van der Waals surface area contributed by atoms with Crippen molar-refractivity contribution >= 4 is 28.7 Å². The number of ether oxygens (including phenoxy) is 2. The van der Waals surface area contributed by atoms with Gasteiger partial charge in [-0.2, -0.15) is 0 Å². The van der Waals surface area contributed by atoms with Crippen molar-refractivity contribution in [2.24, 2.45) is 11.3 Å². The number of benzene rings is 1. The zero-order chi connectivity index (χ0) is 20.9. The van der Waals surface area contributed by atoms with E-state index in [4.69, 9.17) is 26.2 Å². The molecule has 0 spiro atoms. The lowest BCUT2D eigenvalue weighted by atomic mass is 9.94. The van der Waals surface area contributed by atoms with Crippen molar-refractivity contribution in [1.82, 2.24) is 0 Å². The van der Waals surface area contributed by atoms with Gasteiger partial charge in [-0.1, -0.05) is 25.4 Å². The Morgan fingerprint density at radius 2 is 2.14 bits per heavy atom. The zero-order valence-electron chi connectivity index (χ0n) is 17.3. The highest BCUT2D eigenvalue weighted by molar-refractivity contribution is 7.14. The third-order valence-electron chi connectivity index (χ3n) is 6.54. The van der Waals surface area contributed by atoms with Crippen molar-refractivity contribution in [1.29, 1.82) is 0 Å². The summed E-state index contributed by atoms with van der Waals surface area (Å²) in [5.41, 5.74) is 4.11. The first-order chi connectivity index (χ1) is 13.8. The first kappa shape index (κ1) is 20.7. The van der Waals surface area contributed by atoms with Crippen LogP contribution in [0, 0.1) is 18.3 Å². The molecule has 1 saturated carbocycles. The summed E-state index contributed by atoms with van der Waals surface area (Å²) in [6, 6.07) is 3.67. The molecular formula is C23H27ClO4S. The van der Waals surface area contributed by atoms with E-state index in [1.165, 1.54) is 16.0 Å². The maximum atomic E-state index is 13.0. The number of halogens is 1. The smallest absolute Gasteiger partial charge is 0.179 e. The number of hydrogen-bond acceptors (Lipinski definition) is 5. The SMILES string of the molecule is COc1cc(CCC(=O)c2sc(C)c3c2C[C@@H]2[C@H]3C2(C)C)cc(Cl)c1OCCO. The van der Waals surface area contributed by atoms with E-state index in [0.29, 0.717) is 46.6 Å². The highest BCUT2D eigenvalue weighted by Crippen LogP contribution is 2.71. The topological polar surface area (TPSA) is 55.8 Å². The van der Waals surface area contributed by atoms with Gasteiger partial charge in [-0.3, -0.25) is 4.79 Å². The summed E-state index contributed by atoms with van der Waals surface area (Å²) in [5, 5.41) is 9.39. The van der Waals surface area contributed by atoms with Crippen LogP contribution in [-0.4, -0.2) is 31.2 Å². The molecule has 1 aromatic carbocycles. The van der Waals surface area contributed by atoms with E-state index in [-0.39, 0.29) is 19.0 Å². The molecule has 0 amide bonds. The second-order valence-electron chi connectivity index (χ2n) is 8.59. The Kier molecular flexibility index (Phi) is 5.43. The number of hydrogen-bond donors (Lipinski definition) is 1. The number of aryl methyl sites for hydroxylation is 2. The minimum atomic E-state index is -0.0980. The van der Waals surface area contributed by atoms with Crippen LogP contribution in [0.25, 0.3) is 0 Å². The van der Waals surface area contributed by atoms with Gasteiger partial charge in [-0.05, 0) is 65.8 Å². The van der Waals surface area contributed by atoms with E-state index in [0.717, 1.165) is 16.9 Å². The van der Waals surface area contributed by atoms with Crippen molar-refractivity contribution in [2.45, 2.75) is 46.0 Å². The molecular weight excluding hydrogens is 408 g/mol. The number of ketones is 1. The van der Waals surface area contributed by atoms with Crippen molar-refractivity contribution in [3.63, 3.8) is 0 Å². The summed E-state index contributed by atoms with van der Waals surface area (Å²) in [4.78, 5) is 15.3. The van der Waals surface area contributed by atoms with E-state index in [9.17, 15) is 4.79 Å². The molecule has 1 fully saturated rings. The summed E-state index contributed by atoms with van der Waals surface area (Å²) in [6.07, 6.45) is 2.09. The van der Waals surface area contributed by atoms with E-state index in [2.05, 4.69) is 20.8 Å². The summed E-state index contributed by atoms with van der Waals surface area (Å²) in [6.45, 7) is 6.89. The molecule has 2 aliphatic rings. The van der Waals surface area contributed by atoms with Crippen molar-refractivity contribution in [2.75, 3.05) is 20.3 Å². The van der Waals surface area contributed by atoms with Gasteiger partial charge >= 0.3 is 0 Å². The average molecular weight is 435 g/mol. The Labute approximate surface area is 180 Å². The molecule has 2 aliphatic carbocycles. The van der Waals surface area contributed by atoms with E-state index < -0.39 is 0 Å². The quantitative estimate of drug-likeness (QED) is 0.580. The van der Waals surface area contributed by atoms with Crippen LogP contribution in [0.3, 0.4) is 0 Å². The van der Waals surface area contributed by atoms with Gasteiger partial charge in [0.1, 0.15) is 6.61 Å². The fourth-order valence-electron chi connectivity index (χ4n) is 4.93. The molecule has 1 heterocycles. The first-order valence-electron chi connectivity index (χ1n) is 10.0. The van der Waals surface area contributed by atoms with Gasteiger partial charge in [0.05, 0.1) is 23.6 Å². The first-order valence-corrected chi connectivity index (χ1v) is 11.2. The second-order valence-corrected chi connectivity index (χ2v) is 10.2. The number of carbonyl (C=O) groups excluding carboxylic acids is 1. The van der Waals surface area contributed by atoms with Crippen LogP contribution in [-0.2, 0) is 12.8 Å². The summed E-state index contributed by atoms with van der Waals surface area (Å²) < 4.78 is 10.9. The Hall–Kier alpha value is -1.56. The third kappa shape index (κ3) is 3.47. The lowest BCUT2D eigenvalue weighted by Gasteiger charge is -2.13. The molecule has 0 bridgehead atoms. The summed E-state index contributed by atoms with van der Waals surface area (Å²) >= 11 is 8.01. The van der Waals surface area contributed by atoms with Gasteiger partial charge in [0.15, 0.2) is 17.3 Å². The lowest BCUT2D eigenvalue weighted by Crippen LogP contribution is -2.06. The normalized spacial score (nSPS) is 20.9. The zero-order valence-corrected chi connectivity index (χ0v) is 18.9. The maximum absolute atomic E-state index is 13.0. The summed E-state index contributed by atoms with van der Waals surface area (Å²) in [7, 11) is 1.55. The van der Waals surface area contributed by atoms with E-state index in [1.807, 2.05) is 12.1 Å². The molecule has 0 unspecified atom stereocenters. The number of rotatable bonds is 8. The van der Waals surface area contributed by atoms with Gasteiger partial charge < -0.3 is 14.6 Å². The van der Waals surface area contributed by atoms with Gasteiger partial charge in [0, 0.05) is 11.3 Å². The molecule has 0 radical (unpaired) electrons. The second kappa shape index (κ2) is 7.60. The third-order valence-corrected chi connectivity index (χ3v) is 8.03. The number of thiophene rings is 1. The van der Waals surface area contributed by atoms with Crippen LogP contribution < -0.4 is 9.47 Å². The minimum Gasteiger partial charge on any atom is -0.493 e. The van der Waals surface area contributed by atoms with Crippen LogP contribution in [0.2, 0.25) is 5.02 Å². The molecule has 4 nitrogen and oxygen atoms in total. The van der Waals surface area contributed by atoms with E-state index >= 15 is 0 Å². The van der Waals surface area contributed by atoms with Crippen LogP contribution in [0.1, 0.15) is 57.4 Å². The predicted molar refractivity (Wildman–Crippen MR) is 116 cm³/mol. The van der Waals surface area contributed by atoms with Gasteiger partial charge in [-0.15, -0.1) is 11.3 Å². The van der Waals surface area contributed by atoms with Gasteiger partial charge in [0.2, 0.25) is 0 Å². The van der Waals surface area contributed by atoms with Crippen LogP contribution >= 0.6 is 22.9 Å². The molecule has 0 aliphatic heterocycles. The lowest BCUT2D eigenvalue weighted by molar-refractivity contribution is 0.0985. The summed E-state index contributed by atoms with van der Waals surface area (Å²) in [5.74, 6) is 2.51. The molecule has 29 heavy (non-hydrogen) atoms. The highest BCUT2D eigenvalue weighted by atomic mass is 35.5. The van der Waals surface area contributed by atoms with Gasteiger partial charge in [-0.25, -0.2) is 0 Å². The Morgan fingerprint density at radius 1 is 1.38 bits per heavy atom. The number of carbonyl (C=O) groups is 1. The number of aliphatic hydroxyl groups excluding tert-OH is 1. The van der Waals surface area contributed by atoms with Crippen molar-refractivity contribution in [3.8, 4) is 11.5 Å².